The summed E-state index contributed by atoms with van der Waals surface area (Å²) in [5.41, 5.74) is 1.38. The van der Waals surface area contributed by atoms with Crippen LogP contribution in [0.5, 0.6) is 0 Å². The molecule has 1 aliphatic rings. The van der Waals surface area contributed by atoms with Crippen LogP contribution in [0, 0.1) is 5.92 Å². The fourth-order valence-electron chi connectivity index (χ4n) is 2.39. The van der Waals surface area contributed by atoms with Crippen molar-refractivity contribution in [2.24, 2.45) is 5.92 Å². The van der Waals surface area contributed by atoms with Gasteiger partial charge in [-0.2, -0.15) is 0 Å². The van der Waals surface area contributed by atoms with Crippen LogP contribution in [0.25, 0.3) is 0 Å². The number of hydrogen-bond donors (Lipinski definition) is 1. The number of nitrogens with zero attached hydrogens (tertiary/aromatic N) is 1. The SMILES string of the molecule is CN(CCC1CCNC1)Cc1cccc(Br)c1. The van der Waals surface area contributed by atoms with Gasteiger partial charge in [0.2, 0.25) is 0 Å². The third kappa shape index (κ3) is 4.41. The highest BCUT2D eigenvalue weighted by Crippen LogP contribution is 2.15. The molecule has 0 radical (unpaired) electrons. The van der Waals surface area contributed by atoms with E-state index in [1.165, 1.54) is 42.5 Å². The summed E-state index contributed by atoms with van der Waals surface area (Å²) in [6, 6.07) is 8.58. The summed E-state index contributed by atoms with van der Waals surface area (Å²) in [7, 11) is 2.21. The first-order valence-corrected chi connectivity index (χ1v) is 7.17. The third-order valence-corrected chi connectivity index (χ3v) is 3.92. The predicted octanol–water partition coefficient (Wildman–Crippen LogP) is 2.88. The molecule has 1 aliphatic heterocycles. The van der Waals surface area contributed by atoms with Gasteiger partial charge in [-0.3, -0.25) is 0 Å². The second-order valence-electron chi connectivity index (χ2n) is 5.02. The number of nitrogens with one attached hydrogen (secondary N) is 1. The van der Waals surface area contributed by atoms with E-state index in [9.17, 15) is 0 Å². The lowest BCUT2D eigenvalue weighted by Gasteiger charge is -2.18. The van der Waals surface area contributed by atoms with Crippen LogP contribution in [0.15, 0.2) is 28.7 Å². The Balaban J connectivity index is 1.74. The molecule has 1 aromatic carbocycles. The molecule has 0 aliphatic carbocycles. The molecular weight excluding hydrogens is 276 g/mol. The lowest BCUT2D eigenvalue weighted by Crippen LogP contribution is -2.22. The highest BCUT2D eigenvalue weighted by atomic mass is 79.9. The summed E-state index contributed by atoms with van der Waals surface area (Å²) in [4.78, 5) is 2.42. The second-order valence-corrected chi connectivity index (χ2v) is 5.93. The summed E-state index contributed by atoms with van der Waals surface area (Å²) in [5.74, 6) is 0.889. The van der Waals surface area contributed by atoms with E-state index < -0.39 is 0 Å². The van der Waals surface area contributed by atoms with Crippen LogP contribution in [0.1, 0.15) is 18.4 Å². The summed E-state index contributed by atoms with van der Waals surface area (Å²) in [5, 5.41) is 3.43. The van der Waals surface area contributed by atoms with Crippen molar-refractivity contribution in [1.29, 1.82) is 0 Å². The van der Waals surface area contributed by atoms with Crippen LogP contribution < -0.4 is 5.32 Å². The highest BCUT2D eigenvalue weighted by molar-refractivity contribution is 9.10. The zero-order valence-corrected chi connectivity index (χ0v) is 12.0. The Bertz CT molecular complexity index is 348. The van der Waals surface area contributed by atoms with Gasteiger partial charge in [-0.05, 0) is 63.1 Å². The Hall–Kier alpha value is -0.380. The second kappa shape index (κ2) is 6.53. The van der Waals surface area contributed by atoms with Crippen molar-refractivity contribution < 1.29 is 0 Å². The van der Waals surface area contributed by atoms with Crippen LogP contribution in [0.4, 0.5) is 0 Å². The Kier molecular flexibility index (Phi) is 5.01. The molecule has 2 nitrogen and oxygen atoms in total. The van der Waals surface area contributed by atoms with Crippen molar-refractivity contribution in [3.8, 4) is 0 Å². The molecule has 0 amide bonds. The van der Waals surface area contributed by atoms with Gasteiger partial charge >= 0.3 is 0 Å². The maximum absolute atomic E-state index is 3.52. The summed E-state index contributed by atoms with van der Waals surface area (Å²) in [6.45, 7) is 4.66. The molecule has 17 heavy (non-hydrogen) atoms. The molecule has 0 spiro atoms. The van der Waals surface area contributed by atoms with Crippen LogP contribution in [0.3, 0.4) is 0 Å². The van der Waals surface area contributed by atoms with Crippen LogP contribution >= 0.6 is 15.9 Å². The largest absolute Gasteiger partial charge is 0.316 e. The van der Waals surface area contributed by atoms with E-state index in [0.29, 0.717) is 0 Å². The van der Waals surface area contributed by atoms with Gasteiger partial charge in [-0.1, -0.05) is 28.1 Å². The van der Waals surface area contributed by atoms with Crippen LogP contribution in [-0.4, -0.2) is 31.6 Å². The molecule has 3 heteroatoms. The Morgan fingerprint density at radius 2 is 2.35 bits per heavy atom. The highest BCUT2D eigenvalue weighted by Gasteiger charge is 2.14. The lowest BCUT2D eigenvalue weighted by atomic mass is 10.0. The zero-order chi connectivity index (χ0) is 12.1. The van der Waals surface area contributed by atoms with E-state index in [1.807, 2.05) is 0 Å². The molecule has 1 N–H and O–H groups in total. The number of hydrogen-bond acceptors (Lipinski definition) is 2. The molecule has 1 atom stereocenters. The topological polar surface area (TPSA) is 15.3 Å². The third-order valence-electron chi connectivity index (χ3n) is 3.42. The lowest BCUT2D eigenvalue weighted by molar-refractivity contribution is 0.298. The Morgan fingerprint density at radius 3 is 3.06 bits per heavy atom. The Morgan fingerprint density at radius 1 is 1.47 bits per heavy atom. The van der Waals surface area contributed by atoms with Crippen molar-refractivity contribution in [3.05, 3.63) is 34.3 Å². The van der Waals surface area contributed by atoms with Gasteiger partial charge in [0.25, 0.3) is 0 Å². The van der Waals surface area contributed by atoms with E-state index in [4.69, 9.17) is 0 Å². The van der Waals surface area contributed by atoms with Gasteiger partial charge in [0.05, 0.1) is 0 Å². The van der Waals surface area contributed by atoms with Gasteiger partial charge in [-0.15, -0.1) is 0 Å². The minimum Gasteiger partial charge on any atom is -0.316 e. The van der Waals surface area contributed by atoms with Gasteiger partial charge in [0.1, 0.15) is 0 Å². The van der Waals surface area contributed by atoms with Crippen LogP contribution in [0.2, 0.25) is 0 Å². The molecule has 0 saturated carbocycles. The van der Waals surface area contributed by atoms with Gasteiger partial charge in [0.15, 0.2) is 0 Å². The van der Waals surface area contributed by atoms with Crippen molar-refractivity contribution in [3.63, 3.8) is 0 Å². The van der Waals surface area contributed by atoms with Crippen molar-refractivity contribution in [1.82, 2.24) is 10.2 Å². The maximum atomic E-state index is 3.52. The van der Waals surface area contributed by atoms with Crippen molar-refractivity contribution >= 4 is 15.9 Å². The van der Waals surface area contributed by atoms with Gasteiger partial charge in [-0.25, -0.2) is 0 Å². The number of halogens is 1. The van der Waals surface area contributed by atoms with Gasteiger partial charge < -0.3 is 10.2 Å². The van der Waals surface area contributed by atoms with E-state index in [0.717, 1.165) is 12.5 Å². The molecule has 2 rings (SSSR count). The molecule has 1 fully saturated rings. The van der Waals surface area contributed by atoms with Crippen LogP contribution in [-0.2, 0) is 6.54 Å². The van der Waals surface area contributed by atoms with E-state index in [-0.39, 0.29) is 0 Å². The molecule has 0 aromatic heterocycles. The molecule has 1 aromatic rings. The molecule has 1 saturated heterocycles. The van der Waals surface area contributed by atoms with E-state index >= 15 is 0 Å². The quantitative estimate of drug-likeness (QED) is 0.899. The summed E-state index contributed by atoms with van der Waals surface area (Å²) >= 11 is 3.52. The minimum atomic E-state index is 0.889. The van der Waals surface area contributed by atoms with E-state index in [1.54, 1.807) is 0 Å². The van der Waals surface area contributed by atoms with Crippen molar-refractivity contribution in [2.45, 2.75) is 19.4 Å². The fourth-order valence-corrected chi connectivity index (χ4v) is 2.84. The standard InChI is InChI=1S/C14H21BrN2/c1-17(8-6-12-5-7-16-10-12)11-13-3-2-4-14(15)9-13/h2-4,9,12,16H,5-8,10-11H2,1H3. The predicted molar refractivity (Wildman–Crippen MR) is 76.1 cm³/mol. The van der Waals surface area contributed by atoms with E-state index in [2.05, 4.69) is 57.5 Å². The molecular formula is C14H21BrN2. The normalized spacial score (nSPS) is 20.1. The molecule has 1 unspecified atom stereocenters. The zero-order valence-electron chi connectivity index (χ0n) is 10.5. The first-order chi connectivity index (χ1) is 8.24. The number of rotatable bonds is 5. The Labute approximate surface area is 113 Å². The average molecular weight is 297 g/mol. The molecule has 94 valence electrons. The maximum Gasteiger partial charge on any atom is 0.0231 e. The van der Waals surface area contributed by atoms with Gasteiger partial charge in [0, 0.05) is 11.0 Å². The smallest absolute Gasteiger partial charge is 0.0231 e. The minimum absolute atomic E-state index is 0.889. The fraction of sp³-hybridized carbons (Fsp3) is 0.571. The summed E-state index contributed by atoms with van der Waals surface area (Å²) < 4.78 is 1.17. The first kappa shape index (κ1) is 13.1. The van der Waals surface area contributed by atoms with Crippen molar-refractivity contribution in [2.75, 3.05) is 26.7 Å². The molecule has 1 heterocycles. The molecule has 0 bridgehead atoms. The average Bonchev–Trinajstić information content (AvgIpc) is 2.79. The number of benzene rings is 1. The summed E-state index contributed by atoms with van der Waals surface area (Å²) in [6.07, 6.45) is 2.67. The monoisotopic (exact) mass is 296 g/mol. The first-order valence-electron chi connectivity index (χ1n) is 6.38.